The monoisotopic (exact) mass is 201 g/mol. The van der Waals surface area contributed by atoms with Crippen LogP contribution in [-0.2, 0) is 14.3 Å². The van der Waals surface area contributed by atoms with Crippen molar-refractivity contribution in [3.63, 3.8) is 0 Å². The molecule has 4 heteroatoms. The Bertz CT molecular complexity index is 192. The summed E-state index contributed by atoms with van der Waals surface area (Å²) in [6, 6.07) is 0. The van der Waals surface area contributed by atoms with Crippen LogP contribution in [0.5, 0.6) is 0 Å². The highest BCUT2D eigenvalue weighted by Crippen LogP contribution is 2.06. The van der Waals surface area contributed by atoms with Gasteiger partial charge >= 0.3 is 5.97 Å². The number of esters is 1. The van der Waals surface area contributed by atoms with Crippen molar-refractivity contribution in [1.82, 2.24) is 5.32 Å². The van der Waals surface area contributed by atoms with Crippen molar-refractivity contribution in [2.75, 3.05) is 6.54 Å². The normalized spacial score (nSPS) is 19.4. The number of hydrogen-bond acceptors (Lipinski definition) is 3. The molecule has 82 valence electrons. The maximum Gasteiger partial charge on any atom is 0.306 e. The molecule has 1 unspecified atom stereocenters. The summed E-state index contributed by atoms with van der Waals surface area (Å²) in [5.74, 6) is -0.445. The molecule has 0 saturated carbocycles. The molecule has 1 N–H and O–H groups in total. The van der Waals surface area contributed by atoms with Crippen molar-refractivity contribution in [3.05, 3.63) is 0 Å². The number of ether oxygens (including phenoxy) is 1. The van der Waals surface area contributed by atoms with Crippen molar-refractivity contribution < 1.29 is 14.3 Å². The van der Waals surface area contributed by atoms with Crippen molar-refractivity contribution in [2.45, 2.75) is 46.1 Å². The molecule has 1 amide bonds. The second-order valence-electron chi connectivity index (χ2n) is 2.81. The number of amides is 1. The van der Waals surface area contributed by atoms with Gasteiger partial charge in [0.15, 0.2) is 6.10 Å². The van der Waals surface area contributed by atoms with Crippen LogP contribution in [0.3, 0.4) is 0 Å². The van der Waals surface area contributed by atoms with E-state index in [1.165, 1.54) is 0 Å². The van der Waals surface area contributed by atoms with E-state index in [9.17, 15) is 9.59 Å². The van der Waals surface area contributed by atoms with Crippen LogP contribution in [0.25, 0.3) is 0 Å². The van der Waals surface area contributed by atoms with Gasteiger partial charge in [0, 0.05) is 19.4 Å². The maximum atomic E-state index is 10.9. The zero-order valence-corrected chi connectivity index (χ0v) is 9.13. The van der Waals surface area contributed by atoms with Gasteiger partial charge < -0.3 is 10.1 Å². The largest absolute Gasteiger partial charge is 0.452 e. The van der Waals surface area contributed by atoms with Gasteiger partial charge in [-0.25, -0.2) is 0 Å². The summed E-state index contributed by atoms with van der Waals surface area (Å²) in [4.78, 5) is 21.9. The molecular formula is C10H19NO3. The Balaban J connectivity index is 0.000000791. The third-order valence-electron chi connectivity index (χ3n) is 1.73. The third kappa shape index (κ3) is 4.25. The Morgan fingerprint density at radius 3 is 2.64 bits per heavy atom. The third-order valence-corrected chi connectivity index (χ3v) is 1.73. The molecule has 4 nitrogen and oxygen atoms in total. The van der Waals surface area contributed by atoms with E-state index in [1.54, 1.807) is 0 Å². The first kappa shape index (κ1) is 12.9. The first-order valence-electron chi connectivity index (χ1n) is 5.21. The molecule has 0 aliphatic carbocycles. The summed E-state index contributed by atoms with van der Waals surface area (Å²) in [6.07, 6.45) is 1.22. The molecular weight excluding hydrogens is 182 g/mol. The van der Waals surface area contributed by atoms with Crippen molar-refractivity contribution >= 4 is 11.9 Å². The minimum Gasteiger partial charge on any atom is -0.452 e. The van der Waals surface area contributed by atoms with E-state index in [0.717, 1.165) is 6.42 Å². The molecule has 1 saturated heterocycles. The fourth-order valence-electron chi connectivity index (χ4n) is 1.11. The van der Waals surface area contributed by atoms with Crippen LogP contribution in [0, 0.1) is 0 Å². The van der Waals surface area contributed by atoms with Crippen molar-refractivity contribution in [1.29, 1.82) is 0 Å². The molecule has 14 heavy (non-hydrogen) atoms. The van der Waals surface area contributed by atoms with Crippen molar-refractivity contribution in [3.8, 4) is 0 Å². The number of hydrogen-bond donors (Lipinski definition) is 1. The highest BCUT2D eigenvalue weighted by atomic mass is 16.5. The van der Waals surface area contributed by atoms with Crippen LogP contribution in [0.15, 0.2) is 0 Å². The molecule has 0 aromatic heterocycles. The Labute approximate surface area is 85.0 Å². The molecule has 1 aliphatic heterocycles. The number of carbonyl (C=O) groups excluding carboxylic acids is 2. The zero-order valence-electron chi connectivity index (χ0n) is 9.13. The van der Waals surface area contributed by atoms with Crippen molar-refractivity contribution in [2.24, 2.45) is 0 Å². The number of nitrogens with one attached hydrogen (secondary N) is 1. The van der Waals surface area contributed by atoms with Gasteiger partial charge in [-0.15, -0.1) is 0 Å². The summed E-state index contributed by atoms with van der Waals surface area (Å²) in [7, 11) is 0. The van der Waals surface area contributed by atoms with Crippen LogP contribution in [0.2, 0.25) is 0 Å². The lowest BCUT2D eigenvalue weighted by atomic mass is 10.3. The molecule has 1 fully saturated rings. The second kappa shape index (κ2) is 7.35. The first-order chi connectivity index (χ1) is 6.74. The average Bonchev–Trinajstić information content (AvgIpc) is 2.56. The molecule has 0 bridgehead atoms. The first-order valence-corrected chi connectivity index (χ1v) is 5.21. The topological polar surface area (TPSA) is 55.4 Å². The molecule has 1 rings (SSSR count). The van der Waals surface area contributed by atoms with Gasteiger partial charge in [-0.05, 0) is 6.42 Å². The highest BCUT2D eigenvalue weighted by Gasteiger charge is 2.27. The van der Waals surface area contributed by atoms with Gasteiger partial charge in [0.2, 0.25) is 0 Å². The highest BCUT2D eigenvalue weighted by molar-refractivity contribution is 5.85. The van der Waals surface area contributed by atoms with E-state index < -0.39 is 6.10 Å². The SMILES string of the molecule is CC.CCCC(=O)OC1CCNC1=O. The minimum atomic E-state index is -0.538. The second-order valence-corrected chi connectivity index (χ2v) is 2.81. The standard InChI is InChI=1S/C8H13NO3.C2H6/c1-2-3-7(10)12-6-4-5-9-8(6)11;1-2/h6H,2-5H2,1H3,(H,9,11);1-2H3. The van der Waals surface area contributed by atoms with E-state index in [4.69, 9.17) is 4.74 Å². The van der Waals surface area contributed by atoms with Crippen LogP contribution in [-0.4, -0.2) is 24.5 Å². The smallest absolute Gasteiger partial charge is 0.306 e. The summed E-state index contributed by atoms with van der Waals surface area (Å²) in [5.41, 5.74) is 0. The quantitative estimate of drug-likeness (QED) is 0.699. The Morgan fingerprint density at radius 2 is 2.21 bits per heavy atom. The van der Waals surface area contributed by atoms with Crippen LogP contribution in [0.1, 0.15) is 40.0 Å². The number of carbonyl (C=O) groups is 2. The molecule has 0 radical (unpaired) electrons. The van der Waals surface area contributed by atoms with E-state index >= 15 is 0 Å². The Morgan fingerprint density at radius 1 is 1.57 bits per heavy atom. The van der Waals surface area contributed by atoms with E-state index in [0.29, 0.717) is 19.4 Å². The Kier molecular flexibility index (Phi) is 6.80. The Hall–Kier alpha value is -1.06. The lowest BCUT2D eigenvalue weighted by Gasteiger charge is -2.07. The molecule has 0 aromatic carbocycles. The van der Waals surface area contributed by atoms with Gasteiger partial charge in [0.1, 0.15) is 0 Å². The summed E-state index contributed by atoms with van der Waals surface area (Å²) < 4.78 is 4.91. The average molecular weight is 201 g/mol. The zero-order chi connectivity index (χ0) is 11.0. The summed E-state index contributed by atoms with van der Waals surface area (Å²) in [5, 5.41) is 2.60. The predicted molar refractivity (Wildman–Crippen MR) is 53.8 cm³/mol. The molecule has 1 heterocycles. The van der Waals surface area contributed by atoms with E-state index in [1.807, 2.05) is 20.8 Å². The van der Waals surface area contributed by atoms with Gasteiger partial charge in [-0.1, -0.05) is 20.8 Å². The molecule has 1 atom stereocenters. The molecule has 0 spiro atoms. The molecule has 1 aliphatic rings. The fourth-order valence-corrected chi connectivity index (χ4v) is 1.11. The van der Waals surface area contributed by atoms with Gasteiger partial charge in [-0.3, -0.25) is 9.59 Å². The predicted octanol–water partition coefficient (Wildman–Crippen LogP) is 1.24. The van der Waals surface area contributed by atoms with Crippen LogP contribution < -0.4 is 5.32 Å². The van der Waals surface area contributed by atoms with Gasteiger partial charge in [0.05, 0.1) is 0 Å². The summed E-state index contributed by atoms with van der Waals surface area (Å²) in [6.45, 7) is 6.51. The maximum absolute atomic E-state index is 10.9. The van der Waals surface area contributed by atoms with Crippen LogP contribution >= 0.6 is 0 Å². The minimum absolute atomic E-state index is 0.167. The number of rotatable bonds is 3. The molecule has 0 aromatic rings. The summed E-state index contributed by atoms with van der Waals surface area (Å²) >= 11 is 0. The van der Waals surface area contributed by atoms with E-state index in [2.05, 4.69) is 5.32 Å². The van der Waals surface area contributed by atoms with Gasteiger partial charge in [-0.2, -0.15) is 0 Å². The fraction of sp³-hybridized carbons (Fsp3) is 0.800. The van der Waals surface area contributed by atoms with Crippen LogP contribution in [0.4, 0.5) is 0 Å². The van der Waals surface area contributed by atoms with Gasteiger partial charge in [0.25, 0.3) is 5.91 Å². The lowest BCUT2D eigenvalue weighted by molar-refractivity contribution is -0.154. The van der Waals surface area contributed by atoms with E-state index in [-0.39, 0.29) is 11.9 Å². The lowest BCUT2D eigenvalue weighted by Crippen LogP contribution is -2.27.